The van der Waals surface area contributed by atoms with E-state index in [1.807, 2.05) is 0 Å². The van der Waals surface area contributed by atoms with Gasteiger partial charge in [-0.1, -0.05) is 71.1 Å². The van der Waals surface area contributed by atoms with Gasteiger partial charge in [0.05, 0.1) is 0 Å². The van der Waals surface area contributed by atoms with Crippen molar-refractivity contribution in [1.29, 1.82) is 0 Å². The Labute approximate surface area is 186 Å². The first kappa shape index (κ1) is 28.6. The summed E-state index contributed by atoms with van der Waals surface area (Å²) in [5, 5.41) is 17.9. The van der Waals surface area contributed by atoms with Crippen molar-refractivity contribution >= 4 is 47.4 Å². The zero-order valence-corrected chi connectivity index (χ0v) is 16.5. The van der Waals surface area contributed by atoms with Crippen molar-refractivity contribution in [3.8, 4) is 0 Å². The number of nitrogens with zero attached hydrogens (tertiary/aromatic N) is 1. The maximum absolute atomic E-state index is 12.1. The first-order valence-electron chi connectivity index (χ1n) is 10.1. The fourth-order valence-corrected chi connectivity index (χ4v) is 3.03. The molecule has 0 saturated heterocycles. The van der Waals surface area contributed by atoms with Crippen molar-refractivity contribution in [1.82, 2.24) is 4.90 Å². The second-order valence-electron chi connectivity index (χ2n) is 7.08. The van der Waals surface area contributed by atoms with Gasteiger partial charge < -0.3 is 15.1 Å². The molecule has 0 aromatic carbocycles. The number of aliphatic carboxylic acids is 2. The summed E-state index contributed by atoms with van der Waals surface area (Å²) in [4.78, 5) is 35.1. The predicted molar refractivity (Wildman–Crippen MR) is 109 cm³/mol. The molecule has 0 fully saturated rings. The zero-order chi connectivity index (χ0) is 19.8. The normalized spacial score (nSPS) is 11.5. The van der Waals surface area contributed by atoms with Crippen LogP contribution in [-0.4, -0.2) is 75.6 Å². The number of amides is 1. The molecular weight excluding hydrogens is 357 g/mol. The average molecular weight is 396 g/mol. The molecular formula is C20H38NNaO5. The van der Waals surface area contributed by atoms with Crippen LogP contribution in [-0.2, 0) is 14.4 Å². The van der Waals surface area contributed by atoms with Crippen LogP contribution < -0.4 is 0 Å². The van der Waals surface area contributed by atoms with E-state index in [4.69, 9.17) is 5.11 Å². The van der Waals surface area contributed by atoms with E-state index in [9.17, 15) is 19.5 Å². The van der Waals surface area contributed by atoms with Gasteiger partial charge in [0.2, 0.25) is 5.91 Å². The van der Waals surface area contributed by atoms with Crippen LogP contribution in [0.5, 0.6) is 0 Å². The van der Waals surface area contributed by atoms with Gasteiger partial charge in [-0.3, -0.25) is 9.59 Å². The third-order valence-electron chi connectivity index (χ3n) is 4.77. The van der Waals surface area contributed by atoms with Crippen molar-refractivity contribution in [2.75, 3.05) is 7.05 Å². The van der Waals surface area contributed by atoms with Crippen molar-refractivity contribution in [3.63, 3.8) is 0 Å². The molecule has 0 saturated carbocycles. The molecule has 154 valence electrons. The quantitative estimate of drug-likeness (QED) is 0.288. The van der Waals surface area contributed by atoms with Crippen molar-refractivity contribution in [2.45, 2.75) is 103 Å². The monoisotopic (exact) mass is 395 g/mol. The second kappa shape index (κ2) is 18.8. The molecule has 7 heteroatoms. The predicted octanol–water partition coefficient (Wildman–Crippen LogP) is 3.82. The molecule has 2 N–H and O–H groups in total. The fraction of sp³-hybridized carbons (Fsp3) is 0.850. The molecule has 6 nitrogen and oxygen atoms in total. The number of rotatable bonds is 17. The molecule has 1 atom stereocenters. The molecule has 0 rings (SSSR count). The molecule has 0 heterocycles. The third-order valence-corrected chi connectivity index (χ3v) is 4.77. The Morgan fingerprint density at radius 1 is 0.778 bits per heavy atom. The summed E-state index contributed by atoms with van der Waals surface area (Å²) in [6, 6.07) is -1.06. The van der Waals surface area contributed by atoms with Crippen LogP contribution in [0, 0.1) is 0 Å². The van der Waals surface area contributed by atoms with E-state index >= 15 is 0 Å². The Balaban J connectivity index is 0. The van der Waals surface area contributed by atoms with Crippen LogP contribution in [0.1, 0.15) is 96.8 Å². The van der Waals surface area contributed by atoms with Gasteiger partial charge in [-0.05, 0) is 12.8 Å². The second-order valence-corrected chi connectivity index (χ2v) is 7.08. The summed E-state index contributed by atoms with van der Waals surface area (Å²) in [5.74, 6) is -2.43. The molecule has 0 aromatic rings. The van der Waals surface area contributed by atoms with E-state index < -0.39 is 18.0 Å². The third kappa shape index (κ3) is 16.1. The van der Waals surface area contributed by atoms with Crippen LogP contribution in [0.15, 0.2) is 0 Å². The van der Waals surface area contributed by atoms with Gasteiger partial charge in [0, 0.05) is 19.9 Å². The van der Waals surface area contributed by atoms with E-state index in [1.165, 1.54) is 63.3 Å². The summed E-state index contributed by atoms with van der Waals surface area (Å²) in [6.07, 6.45) is 13.2. The Hall–Kier alpha value is -0.590. The van der Waals surface area contributed by atoms with E-state index in [0.29, 0.717) is 6.42 Å². The SMILES string of the molecule is CCCCCCCCCCCCCC(=O)N(C)[C@@H](CCC(=O)O)C(=O)O.[NaH]. The van der Waals surface area contributed by atoms with E-state index in [-0.39, 0.29) is 48.3 Å². The number of carbonyl (C=O) groups is 3. The topological polar surface area (TPSA) is 94.9 Å². The van der Waals surface area contributed by atoms with Gasteiger partial charge in [-0.15, -0.1) is 0 Å². The van der Waals surface area contributed by atoms with Gasteiger partial charge >= 0.3 is 41.5 Å². The fourth-order valence-electron chi connectivity index (χ4n) is 3.03. The van der Waals surface area contributed by atoms with Crippen molar-refractivity contribution in [3.05, 3.63) is 0 Å². The summed E-state index contributed by atoms with van der Waals surface area (Å²) in [7, 11) is 1.45. The number of likely N-dealkylation sites (N-methyl/N-ethyl adjacent to an activating group) is 1. The van der Waals surface area contributed by atoms with Gasteiger partial charge in [0.25, 0.3) is 0 Å². The number of carbonyl (C=O) groups excluding carboxylic acids is 1. The van der Waals surface area contributed by atoms with Gasteiger partial charge in [-0.25, -0.2) is 4.79 Å². The van der Waals surface area contributed by atoms with Crippen molar-refractivity contribution in [2.24, 2.45) is 0 Å². The van der Waals surface area contributed by atoms with Gasteiger partial charge in [-0.2, -0.15) is 0 Å². The minimum atomic E-state index is -1.15. The molecule has 0 aliphatic heterocycles. The van der Waals surface area contributed by atoms with E-state index in [0.717, 1.165) is 19.3 Å². The summed E-state index contributed by atoms with van der Waals surface area (Å²) >= 11 is 0. The summed E-state index contributed by atoms with van der Waals surface area (Å²) in [6.45, 7) is 2.22. The van der Waals surface area contributed by atoms with Gasteiger partial charge in [0.1, 0.15) is 6.04 Å². The zero-order valence-electron chi connectivity index (χ0n) is 16.5. The van der Waals surface area contributed by atoms with Crippen LogP contribution in [0.4, 0.5) is 0 Å². The number of carboxylic acid groups (broad SMARTS) is 2. The molecule has 0 aliphatic rings. The van der Waals surface area contributed by atoms with Crippen LogP contribution >= 0.6 is 0 Å². The summed E-state index contributed by atoms with van der Waals surface area (Å²) < 4.78 is 0. The van der Waals surface area contributed by atoms with Crippen LogP contribution in [0.2, 0.25) is 0 Å². The standard InChI is InChI=1S/C20H37NO5.Na.H/c1-3-4-5-6-7-8-9-10-11-12-13-14-18(22)21(2)17(20(25)26)15-16-19(23)24;;/h17H,3-16H2,1-2H3,(H,23,24)(H,25,26);;/t17-;;/m0../s1. The number of carboxylic acids is 2. The Kier molecular flexibility index (Phi) is 19.9. The van der Waals surface area contributed by atoms with Crippen LogP contribution in [0.3, 0.4) is 0 Å². The molecule has 0 aromatic heterocycles. The average Bonchev–Trinajstić information content (AvgIpc) is 2.58. The summed E-state index contributed by atoms with van der Waals surface area (Å²) in [5.41, 5.74) is 0. The van der Waals surface area contributed by atoms with Crippen molar-refractivity contribution < 1.29 is 24.6 Å². The van der Waals surface area contributed by atoms with Crippen LogP contribution in [0.25, 0.3) is 0 Å². The molecule has 0 radical (unpaired) electrons. The molecule has 0 unspecified atom stereocenters. The first-order valence-corrected chi connectivity index (χ1v) is 10.1. The Morgan fingerprint density at radius 3 is 1.63 bits per heavy atom. The number of hydrogen-bond donors (Lipinski definition) is 2. The number of unbranched alkanes of at least 4 members (excludes halogenated alkanes) is 10. The molecule has 27 heavy (non-hydrogen) atoms. The van der Waals surface area contributed by atoms with E-state index in [1.54, 1.807) is 0 Å². The minimum absolute atomic E-state index is 0. The first-order chi connectivity index (χ1) is 12.4. The number of hydrogen-bond acceptors (Lipinski definition) is 3. The Morgan fingerprint density at radius 2 is 1.22 bits per heavy atom. The molecule has 0 bridgehead atoms. The van der Waals surface area contributed by atoms with E-state index in [2.05, 4.69) is 6.92 Å². The molecule has 0 spiro atoms. The van der Waals surface area contributed by atoms with Gasteiger partial charge in [0.15, 0.2) is 0 Å². The molecule has 0 aliphatic carbocycles. The Bertz CT molecular complexity index is 417. The molecule has 1 amide bonds. The maximum atomic E-state index is 12.1.